The summed E-state index contributed by atoms with van der Waals surface area (Å²) < 4.78 is 1.03. The largest absolute Gasteiger partial charge is 0.481 e. The van der Waals surface area contributed by atoms with E-state index in [0.29, 0.717) is 6.54 Å². The zero-order valence-corrected chi connectivity index (χ0v) is 12.6. The molecule has 1 unspecified atom stereocenters. The van der Waals surface area contributed by atoms with Gasteiger partial charge in [0.1, 0.15) is 0 Å². The van der Waals surface area contributed by atoms with E-state index in [-0.39, 0.29) is 12.5 Å². The first-order valence-electron chi connectivity index (χ1n) is 5.88. The first-order valence-corrected chi connectivity index (χ1v) is 7.55. The van der Waals surface area contributed by atoms with Gasteiger partial charge < -0.3 is 10.4 Å². The average molecular weight is 340 g/mol. The number of halogens is 1. The lowest BCUT2D eigenvalue weighted by Crippen LogP contribution is -2.22. The SMILES string of the molecule is O=C(O)CC(NCc1cccc(Br)c1)c1cccs1. The van der Waals surface area contributed by atoms with Crippen molar-refractivity contribution >= 4 is 33.2 Å². The summed E-state index contributed by atoms with van der Waals surface area (Å²) in [5.74, 6) is -0.792. The van der Waals surface area contributed by atoms with Crippen molar-refractivity contribution in [2.75, 3.05) is 0 Å². The summed E-state index contributed by atoms with van der Waals surface area (Å²) in [5.41, 5.74) is 1.13. The predicted octanol–water partition coefficient (Wildman–Crippen LogP) is 3.82. The molecule has 2 rings (SSSR count). The zero-order chi connectivity index (χ0) is 13.7. The fraction of sp³-hybridized carbons (Fsp3) is 0.214. The van der Waals surface area contributed by atoms with Crippen LogP contribution in [-0.4, -0.2) is 11.1 Å². The summed E-state index contributed by atoms with van der Waals surface area (Å²) in [6, 6.07) is 11.7. The van der Waals surface area contributed by atoms with Gasteiger partial charge in [-0.1, -0.05) is 34.1 Å². The topological polar surface area (TPSA) is 49.3 Å². The zero-order valence-electron chi connectivity index (χ0n) is 10.2. The van der Waals surface area contributed by atoms with Crippen LogP contribution in [-0.2, 0) is 11.3 Å². The van der Waals surface area contributed by atoms with Crippen LogP contribution in [0, 0.1) is 0 Å². The highest BCUT2D eigenvalue weighted by Crippen LogP contribution is 2.22. The Bertz CT molecular complexity index is 542. The molecule has 100 valence electrons. The quantitative estimate of drug-likeness (QED) is 0.841. The molecule has 2 N–H and O–H groups in total. The molecule has 19 heavy (non-hydrogen) atoms. The normalized spacial score (nSPS) is 12.3. The fourth-order valence-electron chi connectivity index (χ4n) is 1.83. The van der Waals surface area contributed by atoms with Gasteiger partial charge in [0.25, 0.3) is 0 Å². The fourth-order valence-corrected chi connectivity index (χ4v) is 3.07. The minimum Gasteiger partial charge on any atom is -0.481 e. The molecule has 0 fully saturated rings. The van der Waals surface area contributed by atoms with Gasteiger partial charge in [-0.05, 0) is 29.1 Å². The summed E-state index contributed by atoms with van der Waals surface area (Å²) in [7, 11) is 0. The summed E-state index contributed by atoms with van der Waals surface area (Å²) in [5, 5.41) is 14.3. The summed E-state index contributed by atoms with van der Waals surface area (Å²) >= 11 is 5.00. The number of rotatable bonds is 6. The molecule has 1 aromatic carbocycles. The molecule has 1 aromatic heterocycles. The molecular weight excluding hydrogens is 326 g/mol. The average Bonchev–Trinajstić information content (AvgIpc) is 2.88. The number of hydrogen-bond acceptors (Lipinski definition) is 3. The molecule has 0 aliphatic carbocycles. The Hall–Kier alpha value is -1.17. The van der Waals surface area contributed by atoms with Gasteiger partial charge in [-0.15, -0.1) is 11.3 Å². The molecule has 0 bridgehead atoms. The van der Waals surface area contributed by atoms with Crippen molar-refractivity contribution in [3.05, 3.63) is 56.7 Å². The van der Waals surface area contributed by atoms with Gasteiger partial charge in [-0.25, -0.2) is 0 Å². The van der Waals surface area contributed by atoms with Crippen LogP contribution in [0.2, 0.25) is 0 Å². The number of hydrogen-bond donors (Lipinski definition) is 2. The highest BCUT2D eigenvalue weighted by atomic mass is 79.9. The lowest BCUT2D eigenvalue weighted by molar-refractivity contribution is -0.137. The number of benzene rings is 1. The molecule has 1 heterocycles. The van der Waals surface area contributed by atoms with Gasteiger partial charge in [0.05, 0.1) is 12.5 Å². The van der Waals surface area contributed by atoms with Crippen molar-refractivity contribution in [3.63, 3.8) is 0 Å². The Morgan fingerprint density at radius 2 is 2.21 bits per heavy atom. The number of aliphatic carboxylic acids is 1. The predicted molar refractivity (Wildman–Crippen MR) is 80.3 cm³/mol. The van der Waals surface area contributed by atoms with E-state index >= 15 is 0 Å². The van der Waals surface area contributed by atoms with E-state index in [1.54, 1.807) is 11.3 Å². The van der Waals surface area contributed by atoms with E-state index in [1.165, 1.54) is 0 Å². The maximum absolute atomic E-state index is 10.9. The van der Waals surface area contributed by atoms with Crippen LogP contribution in [0.15, 0.2) is 46.3 Å². The lowest BCUT2D eigenvalue weighted by Gasteiger charge is -2.15. The number of nitrogens with one attached hydrogen (secondary N) is 1. The number of carboxylic acids is 1. The number of thiophene rings is 1. The molecular formula is C14H14BrNO2S. The minimum absolute atomic E-state index is 0.0918. The van der Waals surface area contributed by atoms with Crippen molar-refractivity contribution in [1.29, 1.82) is 0 Å². The maximum atomic E-state index is 10.9. The molecule has 0 aliphatic heterocycles. The smallest absolute Gasteiger partial charge is 0.305 e. The van der Waals surface area contributed by atoms with Crippen molar-refractivity contribution in [2.45, 2.75) is 19.0 Å². The molecule has 0 radical (unpaired) electrons. The van der Waals surface area contributed by atoms with Gasteiger partial charge in [0.2, 0.25) is 0 Å². The molecule has 0 saturated carbocycles. The van der Waals surface area contributed by atoms with Crippen molar-refractivity contribution in [3.8, 4) is 0 Å². The van der Waals surface area contributed by atoms with Crippen LogP contribution in [0.4, 0.5) is 0 Å². The van der Waals surface area contributed by atoms with Crippen molar-refractivity contribution in [2.24, 2.45) is 0 Å². The van der Waals surface area contributed by atoms with Crippen LogP contribution >= 0.6 is 27.3 Å². The van der Waals surface area contributed by atoms with E-state index in [1.807, 2.05) is 41.8 Å². The lowest BCUT2D eigenvalue weighted by atomic mass is 10.1. The van der Waals surface area contributed by atoms with Gasteiger partial charge in [0, 0.05) is 15.9 Å². The second-order valence-corrected chi connectivity index (χ2v) is 6.07. The summed E-state index contributed by atoms with van der Waals surface area (Å²) in [6.45, 7) is 0.648. The van der Waals surface area contributed by atoms with Crippen LogP contribution in [0.5, 0.6) is 0 Å². The molecule has 3 nitrogen and oxygen atoms in total. The highest BCUT2D eigenvalue weighted by Gasteiger charge is 2.15. The van der Waals surface area contributed by atoms with Gasteiger partial charge in [-0.2, -0.15) is 0 Å². The Morgan fingerprint density at radius 1 is 1.37 bits per heavy atom. The van der Waals surface area contributed by atoms with Crippen LogP contribution in [0.3, 0.4) is 0 Å². The Kier molecular flexibility index (Phi) is 5.13. The molecule has 2 aromatic rings. The van der Waals surface area contributed by atoms with E-state index in [4.69, 9.17) is 5.11 Å². The van der Waals surface area contributed by atoms with E-state index in [2.05, 4.69) is 21.2 Å². The Labute approximate surface area is 124 Å². The van der Waals surface area contributed by atoms with Crippen molar-refractivity contribution < 1.29 is 9.90 Å². The summed E-state index contributed by atoms with van der Waals surface area (Å²) in [6.07, 6.45) is 0.0918. The van der Waals surface area contributed by atoms with Gasteiger partial charge in [-0.3, -0.25) is 4.79 Å². The number of carbonyl (C=O) groups is 1. The second kappa shape index (κ2) is 6.84. The van der Waals surface area contributed by atoms with Gasteiger partial charge in [0.15, 0.2) is 0 Å². The van der Waals surface area contributed by atoms with Crippen LogP contribution < -0.4 is 5.32 Å². The first kappa shape index (κ1) is 14.2. The minimum atomic E-state index is -0.792. The maximum Gasteiger partial charge on any atom is 0.305 e. The van der Waals surface area contributed by atoms with Crippen LogP contribution in [0.25, 0.3) is 0 Å². The van der Waals surface area contributed by atoms with Crippen molar-refractivity contribution in [1.82, 2.24) is 5.32 Å². The highest BCUT2D eigenvalue weighted by molar-refractivity contribution is 9.10. The molecule has 0 amide bonds. The third-order valence-corrected chi connectivity index (χ3v) is 4.19. The third kappa shape index (κ3) is 4.45. The van der Waals surface area contributed by atoms with Gasteiger partial charge >= 0.3 is 5.97 Å². The Balaban J connectivity index is 2.02. The Morgan fingerprint density at radius 3 is 2.84 bits per heavy atom. The first-order chi connectivity index (χ1) is 9.15. The molecule has 0 spiro atoms. The monoisotopic (exact) mass is 339 g/mol. The molecule has 0 aliphatic rings. The molecule has 0 saturated heterocycles. The third-order valence-electron chi connectivity index (χ3n) is 2.71. The van der Waals surface area contributed by atoms with Crippen LogP contribution in [0.1, 0.15) is 22.9 Å². The standard InChI is InChI=1S/C14H14BrNO2S/c15-11-4-1-3-10(7-11)9-16-12(8-14(17)18)13-5-2-6-19-13/h1-7,12,16H,8-9H2,(H,17,18). The second-order valence-electron chi connectivity index (χ2n) is 4.18. The summed E-state index contributed by atoms with van der Waals surface area (Å²) in [4.78, 5) is 12.0. The molecule has 5 heteroatoms. The van der Waals surface area contributed by atoms with E-state index in [0.717, 1.165) is 14.9 Å². The molecule has 1 atom stereocenters. The van der Waals surface area contributed by atoms with E-state index < -0.39 is 5.97 Å². The number of carboxylic acid groups (broad SMARTS) is 1. The van der Waals surface area contributed by atoms with E-state index in [9.17, 15) is 4.79 Å².